The molecule has 0 aliphatic carbocycles. The molecule has 76 valence electrons. The molecular formula is C9H13N3O2. The van der Waals surface area contributed by atoms with E-state index in [9.17, 15) is 4.79 Å². The number of nitrogens with two attached hydrogens (primary N) is 1. The molecule has 1 aromatic rings. The summed E-state index contributed by atoms with van der Waals surface area (Å²) < 4.78 is 1.87. The average molecular weight is 195 g/mol. The summed E-state index contributed by atoms with van der Waals surface area (Å²) in [5.74, 6) is -0.149. The van der Waals surface area contributed by atoms with Crippen LogP contribution in [0, 0.1) is 0 Å². The first-order valence-corrected chi connectivity index (χ1v) is 4.66. The second kappa shape index (κ2) is 3.09. The van der Waals surface area contributed by atoms with Gasteiger partial charge < -0.3 is 15.4 Å². The van der Waals surface area contributed by atoms with Gasteiger partial charge in [-0.1, -0.05) is 0 Å². The van der Waals surface area contributed by atoms with Crippen LogP contribution in [0.1, 0.15) is 35.7 Å². The first-order chi connectivity index (χ1) is 6.59. The van der Waals surface area contributed by atoms with E-state index in [1.165, 1.54) is 0 Å². The summed E-state index contributed by atoms with van der Waals surface area (Å²) in [5, 5.41) is 8.78. The third-order valence-corrected chi connectivity index (χ3v) is 2.79. The van der Waals surface area contributed by atoms with E-state index in [2.05, 4.69) is 4.98 Å². The number of carboxylic acids is 1. The Hall–Kier alpha value is -1.36. The van der Waals surface area contributed by atoms with Crippen molar-refractivity contribution in [1.82, 2.24) is 9.55 Å². The van der Waals surface area contributed by atoms with E-state index in [-0.39, 0.29) is 17.8 Å². The van der Waals surface area contributed by atoms with Crippen molar-refractivity contribution in [2.75, 3.05) is 0 Å². The summed E-state index contributed by atoms with van der Waals surface area (Å²) in [4.78, 5) is 14.7. The predicted octanol–water partition coefficient (Wildman–Crippen LogP) is 0.416. The molecule has 14 heavy (non-hydrogen) atoms. The third kappa shape index (κ3) is 1.29. The number of fused-ring (bicyclic) bond motifs is 1. The van der Waals surface area contributed by atoms with Gasteiger partial charge >= 0.3 is 5.97 Å². The number of imidazole rings is 1. The molecule has 1 aliphatic heterocycles. The first kappa shape index (κ1) is 9.21. The van der Waals surface area contributed by atoms with Crippen LogP contribution in [0.4, 0.5) is 0 Å². The maximum absolute atomic E-state index is 10.7. The Morgan fingerprint density at radius 3 is 3.14 bits per heavy atom. The Balaban J connectivity index is 2.41. The number of aromatic carboxylic acids is 1. The number of rotatable bonds is 1. The summed E-state index contributed by atoms with van der Waals surface area (Å²) in [6.07, 6.45) is 3.21. The molecule has 5 nitrogen and oxygen atoms in total. The number of nitrogens with zero attached hydrogens (tertiary/aromatic N) is 2. The molecular weight excluding hydrogens is 182 g/mol. The largest absolute Gasteiger partial charge is 0.476 e. The fourth-order valence-electron chi connectivity index (χ4n) is 1.82. The molecule has 0 fully saturated rings. The van der Waals surface area contributed by atoms with E-state index in [0.717, 1.165) is 18.7 Å². The van der Waals surface area contributed by atoms with Crippen molar-refractivity contribution in [3.05, 3.63) is 17.7 Å². The smallest absolute Gasteiger partial charge is 0.356 e. The van der Waals surface area contributed by atoms with Crippen LogP contribution in [0.3, 0.4) is 0 Å². The maximum Gasteiger partial charge on any atom is 0.356 e. The second-order valence-corrected chi connectivity index (χ2v) is 3.70. The summed E-state index contributed by atoms with van der Waals surface area (Å²) in [6, 6.07) is 0.234. The van der Waals surface area contributed by atoms with E-state index in [1.807, 2.05) is 11.5 Å². The van der Waals surface area contributed by atoms with Crippen LogP contribution in [-0.2, 0) is 6.42 Å². The number of aryl methyl sites for hydroxylation is 1. The highest BCUT2D eigenvalue weighted by Gasteiger charge is 2.25. The molecule has 2 unspecified atom stereocenters. The van der Waals surface area contributed by atoms with Crippen molar-refractivity contribution < 1.29 is 9.90 Å². The van der Waals surface area contributed by atoms with Crippen molar-refractivity contribution in [2.24, 2.45) is 5.73 Å². The molecule has 0 aromatic carbocycles. The zero-order chi connectivity index (χ0) is 10.3. The predicted molar refractivity (Wildman–Crippen MR) is 50.2 cm³/mol. The van der Waals surface area contributed by atoms with Gasteiger partial charge in [0.2, 0.25) is 0 Å². The lowest BCUT2D eigenvalue weighted by Crippen LogP contribution is -2.35. The SMILES string of the molecule is CC1C(N)CCc2nc(C(=O)O)cn21. The Labute approximate surface area is 81.5 Å². The van der Waals surface area contributed by atoms with Gasteiger partial charge in [-0.15, -0.1) is 0 Å². The fraction of sp³-hybridized carbons (Fsp3) is 0.556. The van der Waals surface area contributed by atoms with E-state index < -0.39 is 5.97 Å². The van der Waals surface area contributed by atoms with Crippen molar-refractivity contribution in [2.45, 2.75) is 31.8 Å². The van der Waals surface area contributed by atoms with Gasteiger partial charge in [0.25, 0.3) is 0 Å². The monoisotopic (exact) mass is 195 g/mol. The van der Waals surface area contributed by atoms with E-state index in [1.54, 1.807) is 6.20 Å². The molecule has 0 bridgehead atoms. The second-order valence-electron chi connectivity index (χ2n) is 3.70. The number of hydrogen-bond acceptors (Lipinski definition) is 3. The minimum Gasteiger partial charge on any atom is -0.476 e. The Kier molecular flexibility index (Phi) is 2.03. The van der Waals surface area contributed by atoms with Gasteiger partial charge in [0.1, 0.15) is 5.82 Å². The Morgan fingerprint density at radius 1 is 1.79 bits per heavy atom. The molecule has 2 rings (SSSR count). The Bertz CT molecular complexity index is 372. The first-order valence-electron chi connectivity index (χ1n) is 4.66. The van der Waals surface area contributed by atoms with Crippen molar-refractivity contribution >= 4 is 5.97 Å². The molecule has 0 spiro atoms. The van der Waals surface area contributed by atoms with E-state index >= 15 is 0 Å². The molecule has 5 heteroatoms. The minimum atomic E-state index is -0.979. The standard InChI is InChI=1S/C9H13N3O2/c1-5-6(10)2-3-8-11-7(9(13)14)4-12(5)8/h4-6H,2-3,10H2,1H3,(H,13,14). The fourth-order valence-corrected chi connectivity index (χ4v) is 1.82. The zero-order valence-electron chi connectivity index (χ0n) is 7.97. The van der Waals surface area contributed by atoms with Gasteiger partial charge in [0.05, 0.1) is 0 Å². The van der Waals surface area contributed by atoms with Crippen molar-refractivity contribution in [3.63, 3.8) is 0 Å². The van der Waals surface area contributed by atoms with Crippen molar-refractivity contribution in [1.29, 1.82) is 0 Å². The van der Waals surface area contributed by atoms with Gasteiger partial charge in [-0.2, -0.15) is 0 Å². The summed E-state index contributed by atoms with van der Waals surface area (Å²) in [7, 11) is 0. The van der Waals surface area contributed by atoms with Crippen LogP contribution >= 0.6 is 0 Å². The molecule has 0 amide bonds. The highest BCUT2D eigenvalue weighted by atomic mass is 16.4. The van der Waals surface area contributed by atoms with Gasteiger partial charge in [-0.05, 0) is 13.3 Å². The molecule has 3 N–H and O–H groups in total. The molecule has 1 aromatic heterocycles. The molecule has 2 atom stereocenters. The van der Waals surface area contributed by atoms with Crippen LogP contribution < -0.4 is 5.73 Å². The molecule has 2 heterocycles. The summed E-state index contributed by atoms with van der Waals surface area (Å²) >= 11 is 0. The number of aromatic nitrogens is 2. The van der Waals surface area contributed by atoms with Gasteiger partial charge in [-0.25, -0.2) is 9.78 Å². The normalized spacial score (nSPS) is 25.9. The number of carbonyl (C=O) groups is 1. The molecule has 0 saturated heterocycles. The summed E-state index contributed by atoms with van der Waals surface area (Å²) in [6.45, 7) is 1.99. The van der Waals surface area contributed by atoms with E-state index in [4.69, 9.17) is 10.8 Å². The van der Waals surface area contributed by atoms with Gasteiger partial charge in [0.15, 0.2) is 5.69 Å². The van der Waals surface area contributed by atoms with Crippen LogP contribution in [-0.4, -0.2) is 26.7 Å². The summed E-state index contributed by atoms with van der Waals surface area (Å²) in [5.41, 5.74) is 5.99. The third-order valence-electron chi connectivity index (χ3n) is 2.79. The van der Waals surface area contributed by atoms with Crippen LogP contribution in [0.5, 0.6) is 0 Å². The minimum absolute atomic E-state index is 0.0957. The lowest BCUT2D eigenvalue weighted by molar-refractivity contribution is 0.0691. The van der Waals surface area contributed by atoms with E-state index in [0.29, 0.717) is 0 Å². The highest BCUT2D eigenvalue weighted by molar-refractivity contribution is 5.85. The molecule has 1 aliphatic rings. The molecule has 0 saturated carbocycles. The highest BCUT2D eigenvalue weighted by Crippen LogP contribution is 2.23. The van der Waals surface area contributed by atoms with Gasteiger partial charge in [-0.3, -0.25) is 0 Å². The lowest BCUT2D eigenvalue weighted by atomic mass is 10.0. The van der Waals surface area contributed by atoms with Crippen molar-refractivity contribution in [3.8, 4) is 0 Å². The van der Waals surface area contributed by atoms with Crippen LogP contribution in [0.2, 0.25) is 0 Å². The zero-order valence-corrected chi connectivity index (χ0v) is 7.97. The molecule has 0 radical (unpaired) electrons. The number of hydrogen-bond donors (Lipinski definition) is 2. The van der Waals surface area contributed by atoms with Crippen LogP contribution in [0.15, 0.2) is 6.20 Å². The lowest BCUT2D eigenvalue weighted by Gasteiger charge is -2.27. The topological polar surface area (TPSA) is 81.1 Å². The quantitative estimate of drug-likeness (QED) is 0.680. The van der Waals surface area contributed by atoms with Gasteiger partial charge in [0, 0.05) is 24.7 Å². The Morgan fingerprint density at radius 2 is 2.50 bits per heavy atom. The maximum atomic E-state index is 10.7. The number of carboxylic acid groups (broad SMARTS) is 1. The van der Waals surface area contributed by atoms with Crippen LogP contribution in [0.25, 0.3) is 0 Å². The average Bonchev–Trinajstić information content (AvgIpc) is 2.56.